The summed E-state index contributed by atoms with van der Waals surface area (Å²) in [6.07, 6.45) is 0. The second kappa shape index (κ2) is 5.29. The van der Waals surface area contributed by atoms with E-state index in [0.29, 0.717) is 5.56 Å². The third-order valence-corrected chi connectivity index (χ3v) is 7.24. The first-order chi connectivity index (χ1) is 9.11. The quantitative estimate of drug-likeness (QED) is 0.834. The number of alkyl halides is 1. The number of nitrogens with one attached hydrogen (secondary N) is 1. The van der Waals surface area contributed by atoms with Crippen molar-refractivity contribution in [1.29, 1.82) is 0 Å². The Bertz CT molecular complexity index is 728. The molecule has 1 aromatic rings. The van der Waals surface area contributed by atoms with Crippen molar-refractivity contribution in [3.05, 3.63) is 29.3 Å². The topological polar surface area (TPSA) is 80.3 Å². The summed E-state index contributed by atoms with van der Waals surface area (Å²) in [5.74, 6) is -0.458. The fourth-order valence-corrected chi connectivity index (χ4v) is 6.51. The van der Waals surface area contributed by atoms with Crippen molar-refractivity contribution in [2.24, 2.45) is 0 Å². The molecular formula is C12H16ClNO4S2. The highest BCUT2D eigenvalue weighted by Gasteiger charge is 2.39. The third kappa shape index (κ3) is 3.33. The molecule has 20 heavy (non-hydrogen) atoms. The van der Waals surface area contributed by atoms with E-state index in [2.05, 4.69) is 4.72 Å². The lowest BCUT2D eigenvalue weighted by molar-refractivity contribution is 0.563. The Labute approximate surface area is 124 Å². The van der Waals surface area contributed by atoms with Crippen LogP contribution in [0.4, 0.5) is 0 Å². The predicted octanol–water partition coefficient (Wildman–Crippen LogP) is 0.986. The first-order valence-electron chi connectivity index (χ1n) is 6.05. The van der Waals surface area contributed by atoms with Gasteiger partial charge in [0, 0.05) is 0 Å². The van der Waals surface area contributed by atoms with Crippen LogP contribution in [0, 0.1) is 13.8 Å². The summed E-state index contributed by atoms with van der Waals surface area (Å²) in [6.45, 7) is 3.57. The van der Waals surface area contributed by atoms with Crippen molar-refractivity contribution in [1.82, 2.24) is 4.72 Å². The van der Waals surface area contributed by atoms with Crippen molar-refractivity contribution < 1.29 is 16.8 Å². The Morgan fingerprint density at radius 1 is 1.25 bits per heavy atom. The fourth-order valence-electron chi connectivity index (χ4n) is 2.28. The molecule has 0 bridgehead atoms. The number of hydrogen-bond donors (Lipinski definition) is 1. The number of rotatable bonds is 3. The van der Waals surface area contributed by atoms with E-state index in [4.69, 9.17) is 11.6 Å². The molecule has 0 saturated carbocycles. The zero-order valence-corrected chi connectivity index (χ0v) is 13.5. The van der Waals surface area contributed by atoms with Gasteiger partial charge in [-0.1, -0.05) is 17.7 Å². The van der Waals surface area contributed by atoms with Crippen LogP contribution in [0.25, 0.3) is 0 Å². The molecular weight excluding hydrogens is 322 g/mol. The molecule has 1 N–H and O–H groups in total. The Morgan fingerprint density at radius 2 is 1.90 bits per heavy atom. The van der Waals surface area contributed by atoms with Crippen molar-refractivity contribution in [3.63, 3.8) is 0 Å². The van der Waals surface area contributed by atoms with Gasteiger partial charge >= 0.3 is 0 Å². The Morgan fingerprint density at radius 3 is 2.40 bits per heavy atom. The molecule has 1 aliphatic rings. The second-order valence-electron chi connectivity index (χ2n) is 5.09. The number of benzene rings is 1. The van der Waals surface area contributed by atoms with Crippen LogP contribution in [0.3, 0.4) is 0 Å². The summed E-state index contributed by atoms with van der Waals surface area (Å²) in [4.78, 5) is 0.149. The number of halogens is 1. The maximum Gasteiger partial charge on any atom is 0.241 e. The van der Waals surface area contributed by atoms with E-state index in [1.807, 2.05) is 6.92 Å². The van der Waals surface area contributed by atoms with Crippen LogP contribution < -0.4 is 4.72 Å². The van der Waals surface area contributed by atoms with Gasteiger partial charge in [-0.15, -0.1) is 11.6 Å². The summed E-state index contributed by atoms with van der Waals surface area (Å²) in [5.41, 5.74) is 1.57. The number of hydrogen-bond acceptors (Lipinski definition) is 4. The van der Waals surface area contributed by atoms with E-state index in [-0.39, 0.29) is 16.4 Å². The third-order valence-electron chi connectivity index (χ3n) is 3.21. The van der Waals surface area contributed by atoms with Crippen molar-refractivity contribution in [2.75, 3.05) is 11.5 Å². The highest BCUT2D eigenvalue weighted by Crippen LogP contribution is 2.22. The van der Waals surface area contributed by atoms with Crippen LogP contribution in [-0.2, 0) is 19.9 Å². The molecule has 0 amide bonds. The number of sulfone groups is 1. The molecule has 112 valence electrons. The molecule has 2 atom stereocenters. The van der Waals surface area contributed by atoms with Gasteiger partial charge < -0.3 is 0 Å². The zero-order valence-electron chi connectivity index (χ0n) is 11.1. The number of aryl methyl sites for hydroxylation is 2. The van der Waals surface area contributed by atoms with Crippen molar-refractivity contribution in [2.45, 2.75) is 30.2 Å². The van der Waals surface area contributed by atoms with Crippen LogP contribution in [0.15, 0.2) is 23.1 Å². The Balaban J connectivity index is 2.28. The minimum atomic E-state index is -3.77. The van der Waals surface area contributed by atoms with Crippen LogP contribution in [0.2, 0.25) is 0 Å². The van der Waals surface area contributed by atoms with Gasteiger partial charge in [0.1, 0.15) is 0 Å². The second-order valence-corrected chi connectivity index (χ2v) is 9.49. The van der Waals surface area contributed by atoms with Gasteiger partial charge in [0.05, 0.1) is 27.8 Å². The fraction of sp³-hybridized carbons (Fsp3) is 0.500. The Kier molecular flexibility index (Phi) is 4.17. The smallest absolute Gasteiger partial charge is 0.229 e. The zero-order chi connectivity index (χ0) is 15.1. The molecule has 5 nitrogen and oxygen atoms in total. The van der Waals surface area contributed by atoms with E-state index >= 15 is 0 Å². The van der Waals surface area contributed by atoms with Gasteiger partial charge in [-0.05, 0) is 25.5 Å². The van der Waals surface area contributed by atoms with E-state index in [9.17, 15) is 16.8 Å². The lowest BCUT2D eigenvalue weighted by Gasteiger charge is -2.16. The molecule has 1 saturated heterocycles. The monoisotopic (exact) mass is 337 g/mol. The maximum absolute atomic E-state index is 12.3. The highest BCUT2D eigenvalue weighted by atomic mass is 35.5. The van der Waals surface area contributed by atoms with E-state index in [0.717, 1.165) is 5.56 Å². The minimum absolute atomic E-state index is 0.149. The minimum Gasteiger partial charge on any atom is -0.229 e. The van der Waals surface area contributed by atoms with Crippen LogP contribution in [0.5, 0.6) is 0 Å². The standard InChI is InChI=1S/C12H16ClNO4S2/c1-8-3-4-12(9(2)5-8)20(17,18)14-11-7-19(15,16)6-10(11)13/h3-5,10-11,14H,6-7H2,1-2H3/t10-,11+/m0/s1. The maximum atomic E-state index is 12.3. The van der Waals surface area contributed by atoms with Crippen LogP contribution in [0.1, 0.15) is 11.1 Å². The lowest BCUT2D eigenvalue weighted by Crippen LogP contribution is -2.40. The SMILES string of the molecule is Cc1ccc(S(=O)(=O)N[C@@H]2CS(=O)(=O)C[C@@H]2Cl)c(C)c1. The molecule has 0 aromatic heterocycles. The summed E-state index contributed by atoms with van der Waals surface area (Å²) >= 11 is 5.92. The Hall–Kier alpha value is -0.630. The predicted molar refractivity (Wildman–Crippen MR) is 78.3 cm³/mol. The first-order valence-corrected chi connectivity index (χ1v) is 9.79. The molecule has 0 spiro atoms. The molecule has 0 radical (unpaired) electrons. The molecule has 1 fully saturated rings. The van der Waals surface area contributed by atoms with Gasteiger partial charge in [-0.2, -0.15) is 0 Å². The van der Waals surface area contributed by atoms with Gasteiger partial charge in [0.15, 0.2) is 9.84 Å². The molecule has 1 heterocycles. The largest absolute Gasteiger partial charge is 0.241 e. The lowest BCUT2D eigenvalue weighted by atomic mass is 10.2. The van der Waals surface area contributed by atoms with Gasteiger partial charge in [0.2, 0.25) is 10.0 Å². The summed E-state index contributed by atoms with van der Waals surface area (Å²) in [5, 5.41) is -0.736. The van der Waals surface area contributed by atoms with Gasteiger partial charge in [-0.3, -0.25) is 0 Å². The van der Waals surface area contributed by atoms with Gasteiger partial charge in [-0.25, -0.2) is 21.6 Å². The van der Waals surface area contributed by atoms with Crippen molar-refractivity contribution in [3.8, 4) is 0 Å². The average molecular weight is 338 g/mol. The average Bonchev–Trinajstić information content (AvgIpc) is 2.50. The van der Waals surface area contributed by atoms with E-state index in [1.165, 1.54) is 6.07 Å². The summed E-state index contributed by atoms with van der Waals surface area (Å²) in [7, 11) is -7.05. The normalized spacial score (nSPS) is 25.8. The molecule has 1 aliphatic heterocycles. The highest BCUT2D eigenvalue weighted by molar-refractivity contribution is 7.92. The first kappa shape index (κ1) is 15.8. The number of sulfonamides is 1. The molecule has 2 rings (SSSR count). The van der Waals surface area contributed by atoms with E-state index in [1.54, 1.807) is 19.1 Å². The van der Waals surface area contributed by atoms with E-state index < -0.39 is 31.3 Å². The molecule has 1 aromatic carbocycles. The van der Waals surface area contributed by atoms with Crippen LogP contribution >= 0.6 is 11.6 Å². The molecule has 0 aliphatic carbocycles. The van der Waals surface area contributed by atoms with Crippen molar-refractivity contribution >= 4 is 31.5 Å². The molecule has 8 heteroatoms. The molecule has 0 unspecified atom stereocenters. The van der Waals surface area contributed by atoms with Crippen LogP contribution in [-0.4, -0.2) is 39.8 Å². The summed E-state index contributed by atoms with van der Waals surface area (Å²) < 4.78 is 50.0. The summed E-state index contributed by atoms with van der Waals surface area (Å²) in [6, 6.07) is 4.19. The van der Waals surface area contributed by atoms with Gasteiger partial charge in [0.25, 0.3) is 0 Å².